The normalized spacial score (nSPS) is 13.2. The summed E-state index contributed by atoms with van der Waals surface area (Å²) in [4.78, 5) is 12.4. The summed E-state index contributed by atoms with van der Waals surface area (Å²) in [6.07, 6.45) is 1.48. The average Bonchev–Trinajstić information content (AvgIpc) is 2.54. The van der Waals surface area contributed by atoms with E-state index >= 15 is 0 Å². The van der Waals surface area contributed by atoms with Crippen molar-refractivity contribution >= 4 is 5.91 Å². The molecule has 0 aliphatic rings. The van der Waals surface area contributed by atoms with Crippen LogP contribution in [0.2, 0.25) is 0 Å². The van der Waals surface area contributed by atoms with Gasteiger partial charge in [0, 0.05) is 19.1 Å². The zero-order chi connectivity index (χ0) is 16.8. The molecule has 0 radical (unpaired) electrons. The largest absolute Gasteiger partial charge is 0.354 e. The standard InChI is InChI=1S/C18H31N3O/c1-5-18(6-2,12-19)17(22)21-11-16(20)15-9-7-14(8-10-15)13(3)4/h7-10,13,16H,5-6,11-12,19-20H2,1-4H3,(H,21,22). The first kappa shape index (κ1) is 18.7. The van der Waals surface area contributed by atoms with Gasteiger partial charge in [-0.1, -0.05) is 52.0 Å². The molecule has 0 fully saturated rings. The Labute approximate surface area is 134 Å². The second-order valence-corrected chi connectivity index (χ2v) is 6.33. The summed E-state index contributed by atoms with van der Waals surface area (Å²) in [6, 6.07) is 8.09. The fourth-order valence-corrected chi connectivity index (χ4v) is 2.59. The number of amides is 1. The van der Waals surface area contributed by atoms with Crippen LogP contribution in [-0.4, -0.2) is 19.0 Å². The third-order valence-corrected chi connectivity index (χ3v) is 4.74. The lowest BCUT2D eigenvalue weighted by Gasteiger charge is -2.29. The van der Waals surface area contributed by atoms with E-state index in [-0.39, 0.29) is 11.9 Å². The monoisotopic (exact) mass is 305 g/mol. The Morgan fingerprint density at radius 2 is 1.64 bits per heavy atom. The van der Waals surface area contributed by atoms with Gasteiger partial charge in [0.1, 0.15) is 0 Å². The Kier molecular flexibility index (Phi) is 7.04. The van der Waals surface area contributed by atoms with E-state index in [1.165, 1.54) is 5.56 Å². The van der Waals surface area contributed by atoms with Gasteiger partial charge in [-0.05, 0) is 29.9 Å². The van der Waals surface area contributed by atoms with E-state index < -0.39 is 5.41 Å². The zero-order valence-corrected chi connectivity index (χ0v) is 14.4. The number of nitrogens with two attached hydrogens (primary N) is 2. The molecule has 124 valence electrons. The highest BCUT2D eigenvalue weighted by Gasteiger charge is 2.33. The third-order valence-electron chi connectivity index (χ3n) is 4.74. The maximum atomic E-state index is 12.4. The number of benzene rings is 1. The summed E-state index contributed by atoms with van der Waals surface area (Å²) in [5.74, 6) is 0.513. The van der Waals surface area contributed by atoms with Gasteiger partial charge in [0.2, 0.25) is 5.91 Å². The molecule has 4 nitrogen and oxygen atoms in total. The van der Waals surface area contributed by atoms with Crippen LogP contribution in [0.3, 0.4) is 0 Å². The topological polar surface area (TPSA) is 81.1 Å². The highest BCUT2D eigenvalue weighted by Crippen LogP contribution is 2.25. The predicted molar refractivity (Wildman–Crippen MR) is 92.5 cm³/mol. The van der Waals surface area contributed by atoms with Gasteiger partial charge in [-0.25, -0.2) is 0 Å². The van der Waals surface area contributed by atoms with Crippen molar-refractivity contribution in [3.63, 3.8) is 0 Å². The summed E-state index contributed by atoms with van der Waals surface area (Å²) < 4.78 is 0. The van der Waals surface area contributed by atoms with Crippen LogP contribution < -0.4 is 16.8 Å². The Bertz CT molecular complexity index is 455. The fraction of sp³-hybridized carbons (Fsp3) is 0.611. The van der Waals surface area contributed by atoms with E-state index in [0.29, 0.717) is 19.0 Å². The summed E-state index contributed by atoms with van der Waals surface area (Å²) in [7, 11) is 0. The Hall–Kier alpha value is -1.39. The lowest BCUT2D eigenvalue weighted by atomic mass is 9.81. The van der Waals surface area contributed by atoms with Crippen molar-refractivity contribution in [3.05, 3.63) is 35.4 Å². The molecule has 1 atom stereocenters. The maximum absolute atomic E-state index is 12.4. The van der Waals surface area contributed by atoms with E-state index in [9.17, 15) is 4.79 Å². The molecule has 1 aromatic carbocycles. The molecule has 0 saturated carbocycles. The van der Waals surface area contributed by atoms with E-state index in [4.69, 9.17) is 11.5 Å². The van der Waals surface area contributed by atoms with Crippen molar-refractivity contribution < 1.29 is 4.79 Å². The molecule has 0 bridgehead atoms. The summed E-state index contributed by atoms with van der Waals surface area (Å²) >= 11 is 0. The number of hydrogen-bond donors (Lipinski definition) is 3. The molecule has 1 unspecified atom stereocenters. The smallest absolute Gasteiger partial charge is 0.227 e. The molecular weight excluding hydrogens is 274 g/mol. The molecule has 0 aliphatic heterocycles. The average molecular weight is 305 g/mol. The fourth-order valence-electron chi connectivity index (χ4n) is 2.59. The van der Waals surface area contributed by atoms with Crippen molar-refractivity contribution in [2.45, 2.75) is 52.5 Å². The first-order chi connectivity index (χ1) is 10.4. The molecule has 1 amide bonds. The molecule has 5 N–H and O–H groups in total. The van der Waals surface area contributed by atoms with E-state index in [1.54, 1.807) is 0 Å². The molecule has 0 aliphatic carbocycles. The number of carbonyl (C=O) groups excluding carboxylic acids is 1. The van der Waals surface area contributed by atoms with Crippen LogP contribution in [0.25, 0.3) is 0 Å². The lowest BCUT2D eigenvalue weighted by molar-refractivity contribution is -0.131. The van der Waals surface area contributed by atoms with Crippen molar-refractivity contribution in [1.29, 1.82) is 0 Å². The van der Waals surface area contributed by atoms with Crippen molar-refractivity contribution in [2.75, 3.05) is 13.1 Å². The van der Waals surface area contributed by atoms with Gasteiger partial charge in [0.25, 0.3) is 0 Å². The highest BCUT2D eigenvalue weighted by molar-refractivity contribution is 5.82. The summed E-state index contributed by atoms with van der Waals surface area (Å²) in [5, 5.41) is 2.97. The quantitative estimate of drug-likeness (QED) is 0.690. The number of hydrogen-bond acceptors (Lipinski definition) is 3. The number of rotatable bonds is 8. The van der Waals surface area contributed by atoms with Crippen LogP contribution >= 0.6 is 0 Å². The second kappa shape index (κ2) is 8.30. The van der Waals surface area contributed by atoms with Crippen LogP contribution in [-0.2, 0) is 4.79 Å². The minimum absolute atomic E-state index is 0.00857. The van der Waals surface area contributed by atoms with Crippen molar-refractivity contribution in [3.8, 4) is 0 Å². The van der Waals surface area contributed by atoms with Gasteiger partial charge in [0.15, 0.2) is 0 Å². The Morgan fingerprint density at radius 1 is 1.14 bits per heavy atom. The van der Waals surface area contributed by atoms with Crippen LogP contribution in [0.15, 0.2) is 24.3 Å². The number of carbonyl (C=O) groups is 1. The predicted octanol–water partition coefficient (Wildman–Crippen LogP) is 2.69. The molecule has 22 heavy (non-hydrogen) atoms. The van der Waals surface area contributed by atoms with Gasteiger partial charge in [0.05, 0.1) is 5.41 Å². The molecule has 1 rings (SSSR count). The van der Waals surface area contributed by atoms with Gasteiger partial charge in [-0.2, -0.15) is 0 Å². The summed E-state index contributed by atoms with van der Waals surface area (Å²) in [6.45, 7) is 9.13. The highest BCUT2D eigenvalue weighted by atomic mass is 16.2. The van der Waals surface area contributed by atoms with Crippen molar-refractivity contribution in [2.24, 2.45) is 16.9 Å². The Balaban J connectivity index is 2.65. The van der Waals surface area contributed by atoms with Crippen molar-refractivity contribution in [1.82, 2.24) is 5.32 Å². The van der Waals surface area contributed by atoms with E-state index in [2.05, 4.69) is 31.3 Å². The maximum Gasteiger partial charge on any atom is 0.227 e. The van der Waals surface area contributed by atoms with Crippen LogP contribution in [0.1, 0.15) is 63.6 Å². The molecule has 0 saturated heterocycles. The van der Waals surface area contributed by atoms with Crippen LogP contribution in [0.5, 0.6) is 0 Å². The van der Waals surface area contributed by atoms with Crippen LogP contribution in [0, 0.1) is 5.41 Å². The molecule has 0 spiro atoms. The Morgan fingerprint density at radius 3 is 2.05 bits per heavy atom. The minimum Gasteiger partial charge on any atom is -0.354 e. The van der Waals surface area contributed by atoms with Crippen LogP contribution in [0.4, 0.5) is 0 Å². The first-order valence-corrected chi connectivity index (χ1v) is 8.24. The summed E-state index contributed by atoms with van der Waals surface area (Å²) in [5.41, 5.74) is 13.8. The number of nitrogens with one attached hydrogen (secondary N) is 1. The van der Waals surface area contributed by atoms with E-state index in [1.807, 2.05) is 26.0 Å². The second-order valence-electron chi connectivity index (χ2n) is 6.33. The SMILES string of the molecule is CCC(CC)(CN)C(=O)NCC(N)c1ccc(C(C)C)cc1. The molecular formula is C18H31N3O. The molecule has 0 heterocycles. The first-order valence-electron chi connectivity index (χ1n) is 8.24. The van der Waals surface area contributed by atoms with Gasteiger partial charge >= 0.3 is 0 Å². The molecule has 1 aromatic rings. The molecule has 4 heteroatoms. The van der Waals surface area contributed by atoms with Gasteiger partial charge in [-0.3, -0.25) is 4.79 Å². The zero-order valence-electron chi connectivity index (χ0n) is 14.4. The van der Waals surface area contributed by atoms with E-state index in [0.717, 1.165) is 18.4 Å². The van der Waals surface area contributed by atoms with Gasteiger partial charge < -0.3 is 16.8 Å². The van der Waals surface area contributed by atoms with Gasteiger partial charge in [-0.15, -0.1) is 0 Å². The molecule has 0 aromatic heterocycles. The minimum atomic E-state index is -0.471. The third kappa shape index (κ3) is 4.31. The lowest BCUT2D eigenvalue weighted by Crippen LogP contribution is -2.47.